The smallest absolute Gasteiger partial charge is 0.251 e. The van der Waals surface area contributed by atoms with E-state index in [1.165, 1.54) is 5.56 Å². The van der Waals surface area contributed by atoms with Crippen LogP contribution in [0.2, 0.25) is 0 Å². The standard InChI is InChI=1S/C15H21N3O/c19-15(17-14-4-5-14)13-3-1-2-12(10-13)11-18-8-6-16-7-9-18/h1-3,10,14,16H,4-9,11H2,(H,17,19). The largest absolute Gasteiger partial charge is 0.349 e. The van der Waals surface area contributed by atoms with Gasteiger partial charge in [-0.3, -0.25) is 9.69 Å². The molecule has 1 amide bonds. The molecule has 3 rings (SSSR count). The van der Waals surface area contributed by atoms with E-state index >= 15 is 0 Å². The second kappa shape index (κ2) is 5.72. The molecule has 1 saturated heterocycles. The lowest BCUT2D eigenvalue weighted by atomic mass is 10.1. The molecule has 0 bridgehead atoms. The Labute approximate surface area is 114 Å². The van der Waals surface area contributed by atoms with E-state index in [9.17, 15) is 4.79 Å². The van der Waals surface area contributed by atoms with Crippen LogP contribution >= 0.6 is 0 Å². The van der Waals surface area contributed by atoms with E-state index in [1.54, 1.807) is 0 Å². The third kappa shape index (κ3) is 3.55. The van der Waals surface area contributed by atoms with Crippen LogP contribution < -0.4 is 10.6 Å². The number of piperazine rings is 1. The molecule has 1 heterocycles. The van der Waals surface area contributed by atoms with Crippen LogP contribution in [0.4, 0.5) is 0 Å². The molecule has 1 saturated carbocycles. The van der Waals surface area contributed by atoms with Gasteiger partial charge >= 0.3 is 0 Å². The molecule has 1 aliphatic carbocycles. The molecular weight excluding hydrogens is 238 g/mol. The fraction of sp³-hybridized carbons (Fsp3) is 0.533. The number of hydrogen-bond donors (Lipinski definition) is 2. The molecule has 2 fully saturated rings. The predicted molar refractivity (Wildman–Crippen MR) is 75.1 cm³/mol. The number of nitrogens with one attached hydrogen (secondary N) is 2. The fourth-order valence-electron chi connectivity index (χ4n) is 2.43. The SMILES string of the molecule is O=C(NC1CC1)c1cccc(CN2CCNCC2)c1. The zero-order valence-electron chi connectivity index (χ0n) is 11.2. The van der Waals surface area contributed by atoms with E-state index in [-0.39, 0.29) is 5.91 Å². The molecule has 1 aliphatic heterocycles. The summed E-state index contributed by atoms with van der Waals surface area (Å²) in [7, 11) is 0. The molecule has 2 N–H and O–H groups in total. The number of carbonyl (C=O) groups excluding carboxylic acids is 1. The Morgan fingerprint density at radius 2 is 2.11 bits per heavy atom. The highest BCUT2D eigenvalue weighted by Crippen LogP contribution is 2.19. The minimum absolute atomic E-state index is 0.0738. The van der Waals surface area contributed by atoms with Crippen molar-refractivity contribution in [3.8, 4) is 0 Å². The second-order valence-electron chi connectivity index (χ2n) is 5.47. The normalized spacial score (nSPS) is 20.2. The van der Waals surface area contributed by atoms with Gasteiger partial charge in [-0.05, 0) is 30.5 Å². The monoisotopic (exact) mass is 259 g/mol. The quantitative estimate of drug-likeness (QED) is 0.847. The highest BCUT2D eigenvalue weighted by atomic mass is 16.1. The zero-order valence-corrected chi connectivity index (χ0v) is 11.2. The van der Waals surface area contributed by atoms with Gasteiger partial charge in [-0.1, -0.05) is 12.1 Å². The Bertz CT molecular complexity index is 450. The van der Waals surface area contributed by atoms with Crippen molar-refractivity contribution in [1.82, 2.24) is 15.5 Å². The van der Waals surface area contributed by atoms with Gasteiger partial charge in [-0.2, -0.15) is 0 Å². The highest BCUT2D eigenvalue weighted by molar-refractivity contribution is 5.94. The van der Waals surface area contributed by atoms with Crippen LogP contribution in [0, 0.1) is 0 Å². The van der Waals surface area contributed by atoms with Crippen molar-refractivity contribution in [3.63, 3.8) is 0 Å². The van der Waals surface area contributed by atoms with Gasteiger partial charge in [-0.25, -0.2) is 0 Å². The molecule has 1 aromatic carbocycles. The summed E-state index contributed by atoms with van der Waals surface area (Å²) in [5.74, 6) is 0.0738. The van der Waals surface area contributed by atoms with Crippen molar-refractivity contribution in [2.45, 2.75) is 25.4 Å². The first kappa shape index (κ1) is 12.6. The maximum absolute atomic E-state index is 12.0. The van der Waals surface area contributed by atoms with Crippen molar-refractivity contribution < 1.29 is 4.79 Å². The first-order valence-corrected chi connectivity index (χ1v) is 7.14. The van der Waals surface area contributed by atoms with E-state index in [2.05, 4.69) is 21.6 Å². The summed E-state index contributed by atoms with van der Waals surface area (Å²) in [6.45, 7) is 5.22. The molecule has 0 radical (unpaired) electrons. The molecule has 1 aromatic rings. The Balaban J connectivity index is 1.62. The Morgan fingerprint density at radius 3 is 2.84 bits per heavy atom. The Hall–Kier alpha value is -1.39. The van der Waals surface area contributed by atoms with Crippen LogP contribution in [0.15, 0.2) is 24.3 Å². The van der Waals surface area contributed by atoms with Crippen LogP contribution in [-0.4, -0.2) is 43.0 Å². The highest BCUT2D eigenvalue weighted by Gasteiger charge is 2.23. The third-order valence-corrected chi connectivity index (χ3v) is 3.72. The maximum atomic E-state index is 12.0. The van der Waals surface area contributed by atoms with Crippen molar-refractivity contribution in [1.29, 1.82) is 0 Å². The minimum atomic E-state index is 0.0738. The summed E-state index contributed by atoms with van der Waals surface area (Å²) in [4.78, 5) is 14.4. The van der Waals surface area contributed by atoms with Crippen LogP contribution in [0.5, 0.6) is 0 Å². The van der Waals surface area contributed by atoms with E-state index < -0.39 is 0 Å². The average Bonchev–Trinajstić information content (AvgIpc) is 3.24. The molecular formula is C15H21N3O. The molecule has 2 aliphatic rings. The summed E-state index contributed by atoms with van der Waals surface area (Å²) >= 11 is 0. The van der Waals surface area contributed by atoms with Gasteiger partial charge in [0.1, 0.15) is 0 Å². The predicted octanol–water partition coefficient (Wildman–Crippen LogP) is 0.984. The second-order valence-corrected chi connectivity index (χ2v) is 5.47. The fourth-order valence-corrected chi connectivity index (χ4v) is 2.43. The number of rotatable bonds is 4. The molecule has 0 spiro atoms. The lowest BCUT2D eigenvalue weighted by Crippen LogP contribution is -2.42. The lowest BCUT2D eigenvalue weighted by molar-refractivity contribution is 0.0951. The number of nitrogens with zero attached hydrogens (tertiary/aromatic N) is 1. The zero-order chi connectivity index (χ0) is 13.1. The van der Waals surface area contributed by atoms with Gasteiger partial charge in [0, 0.05) is 44.3 Å². The Kier molecular flexibility index (Phi) is 3.80. The van der Waals surface area contributed by atoms with Crippen molar-refractivity contribution in [2.75, 3.05) is 26.2 Å². The summed E-state index contributed by atoms with van der Waals surface area (Å²) in [5, 5.41) is 6.39. The topological polar surface area (TPSA) is 44.4 Å². The summed E-state index contributed by atoms with van der Waals surface area (Å²) < 4.78 is 0. The lowest BCUT2D eigenvalue weighted by Gasteiger charge is -2.27. The van der Waals surface area contributed by atoms with Crippen LogP contribution in [0.1, 0.15) is 28.8 Å². The summed E-state index contributed by atoms with van der Waals surface area (Å²) in [6, 6.07) is 8.44. The minimum Gasteiger partial charge on any atom is -0.349 e. The number of carbonyl (C=O) groups is 1. The molecule has 19 heavy (non-hydrogen) atoms. The van der Waals surface area contributed by atoms with Gasteiger partial charge in [0.15, 0.2) is 0 Å². The summed E-state index contributed by atoms with van der Waals surface area (Å²) in [6.07, 6.45) is 2.26. The van der Waals surface area contributed by atoms with Crippen molar-refractivity contribution >= 4 is 5.91 Å². The average molecular weight is 259 g/mol. The molecule has 4 nitrogen and oxygen atoms in total. The molecule has 102 valence electrons. The number of hydrogen-bond acceptors (Lipinski definition) is 3. The Morgan fingerprint density at radius 1 is 1.32 bits per heavy atom. The van der Waals surface area contributed by atoms with Crippen LogP contribution in [-0.2, 0) is 6.54 Å². The van der Waals surface area contributed by atoms with Crippen LogP contribution in [0.25, 0.3) is 0 Å². The van der Waals surface area contributed by atoms with E-state index in [4.69, 9.17) is 0 Å². The van der Waals surface area contributed by atoms with E-state index in [1.807, 2.05) is 18.2 Å². The molecule has 0 unspecified atom stereocenters. The van der Waals surface area contributed by atoms with E-state index in [0.717, 1.165) is 51.1 Å². The van der Waals surface area contributed by atoms with Crippen LogP contribution in [0.3, 0.4) is 0 Å². The van der Waals surface area contributed by atoms with Gasteiger partial charge in [0.25, 0.3) is 5.91 Å². The molecule has 4 heteroatoms. The third-order valence-electron chi connectivity index (χ3n) is 3.72. The van der Waals surface area contributed by atoms with Gasteiger partial charge in [0.2, 0.25) is 0 Å². The molecule has 0 atom stereocenters. The molecule has 0 aromatic heterocycles. The summed E-state index contributed by atoms with van der Waals surface area (Å²) in [5.41, 5.74) is 2.02. The van der Waals surface area contributed by atoms with Crippen molar-refractivity contribution in [3.05, 3.63) is 35.4 Å². The van der Waals surface area contributed by atoms with Gasteiger partial charge in [-0.15, -0.1) is 0 Å². The van der Waals surface area contributed by atoms with Gasteiger partial charge < -0.3 is 10.6 Å². The van der Waals surface area contributed by atoms with Crippen molar-refractivity contribution in [2.24, 2.45) is 0 Å². The number of benzene rings is 1. The first-order chi connectivity index (χ1) is 9.31. The van der Waals surface area contributed by atoms with Gasteiger partial charge in [0.05, 0.1) is 0 Å². The maximum Gasteiger partial charge on any atom is 0.251 e. The first-order valence-electron chi connectivity index (χ1n) is 7.14. The van der Waals surface area contributed by atoms with E-state index in [0.29, 0.717) is 6.04 Å². The number of amides is 1.